The summed E-state index contributed by atoms with van der Waals surface area (Å²) in [5.74, 6) is 1.82. The second-order valence-corrected chi connectivity index (χ2v) is 9.49. The van der Waals surface area contributed by atoms with Gasteiger partial charge in [-0.05, 0) is 53.8 Å². The first-order valence-corrected chi connectivity index (χ1v) is 11.9. The van der Waals surface area contributed by atoms with Crippen molar-refractivity contribution in [2.75, 3.05) is 13.7 Å². The van der Waals surface area contributed by atoms with Crippen LogP contribution in [0.25, 0.3) is 0 Å². The van der Waals surface area contributed by atoms with Crippen LogP contribution in [0.15, 0.2) is 48.5 Å². The molecule has 0 amide bonds. The third-order valence-corrected chi connectivity index (χ3v) is 7.39. The van der Waals surface area contributed by atoms with Gasteiger partial charge >= 0.3 is 0 Å². The summed E-state index contributed by atoms with van der Waals surface area (Å²) in [5.41, 5.74) is 3.90. The maximum Gasteiger partial charge on any atom is 0.173 e. The van der Waals surface area contributed by atoms with Crippen LogP contribution in [0.4, 0.5) is 0 Å². The van der Waals surface area contributed by atoms with Gasteiger partial charge in [0.15, 0.2) is 5.82 Å². The summed E-state index contributed by atoms with van der Waals surface area (Å²) in [7, 11) is 1.75. The Morgan fingerprint density at radius 3 is 2.44 bits per heavy atom. The van der Waals surface area contributed by atoms with Crippen LogP contribution < -0.4 is 4.74 Å². The number of hydrogen-bond acceptors (Lipinski definition) is 5. The molecule has 0 bridgehead atoms. The van der Waals surface area contributed by atoms with Crippen molar-refractivity contribution in [2.45, 2.75) is 70.0 Å². The maximum atomic E-state index is 5.81. The zero-order valence-corrected chi connectivity index (χ0v) is 19.2. The first-order valence-electron chi connectivity index (χ1n) is 11.9. The van der Waals surface area contributed by atoms with Crippen molar-refractivity contribution in [3.8, 4) is 5.75 Å². The number of aromatic nitrogens is 4. The Kier molecular flexibility index (Phi) is 5.96. The highest BCUT2D eigenvalue weighted by Gasteiger charge is 2.38. The Morgan fingerprint density at radius 2 is 1.66 bits per heavy atom. The third kappa shape index (κ3) is 3.92. The largest absolute Gasteiger partial charge is 0.496 e. The zero-order chi connectivity index (χ0) is 22.0. The van der Waals surface area contributed by atoms with Crippen molar-refractivity contribution in [2.24, 2.45) is 0 Å². The quantitative estimate of drug-likeness (QED) is 0.538. The maximum absolute atomic E-state index is 5.81. The minimum absolute atomic E-state index is 0.0523. The van der Waals surface area contributed by atoms with Gasteiger partial charge in [-0.2, -0.15) is 0 Å². The van der Waals surface area contributed by atoms with E-state index in [9.17, 15) is 0 Å². The first-order chi connectivity index (χ1) is 15.7. The van der Waals surface area contributed by atoms with Gasteiger partial charge in [-0.1, -0.05) is 68.1 Å². The molecule has 2 aliphatic rings. The van der Waals surface area contributed by atoms with Crippen LogP contribution in [0.2, 0.25) is 0 Å². The van der Waals surface area contributed by atoms with Crippen LogP contribution in [0.5, 0.6) is 5.75 Å². The second kappa shape index (κ2) is 9.02. The van der Waals surface area contributed by atoms with Gasteiger partial charge in [0, 0.05) is 18.7 Å². The molecule has 2 heterocycles. The molecule has 1 aliphatic heterocycles. The van der Waals surface area contributed by atoms with E-state index in [1.807, 2.05) is 12.1 Å². The Morgan fingerprint density at radius 1 is 0.938 bits per heavy atom. The molecule has 0 saturated heterocycles. The number of methoxy groups -OCH3 is 1. The Hall–Kier alpha value is -2.73. The molecule has 0 radical (unpaired) electrons. The van der Waals surface area contributed by atoms with Crippen LogP contribution in [0.3, 0.4) is 0 Å². The fourth-order valence-corrected chi connectivity index (χ4v) is 5.58. The third-order valence-electron chi connectivity index (χ3n) is 7.39. The van der Waals surface area contributed by atoms with Crippen LogP contribution >= 0.6 is 0 Å². The second-order valence-electron chi connectivity index (χ2n) is 9.49. The molecular weight excluding hydrogens is 398 g/mol. The monoisotopic (exact) mass is 431 g/mol. The number of tetrazole rings is 1. The summed E-state index contributed by atoms with van der Waals surface area (Å²) >= 11 is 0. The highest BCUT2D eigenvalue weighted by atomic mass is 16.5. The zero-order valence-electron chi connectivity index (χ0n) is 19.2. The fraction of sp³-hybridized carbons (Fsp3) is 0.500. The summed E-state index contributed by atoms with van der Waals surface area (Å²) in [6, 6.07) is 17.0. The molecule has 6 heteroatoms. The highest BCUT2D eigenvalue weighted by molar-refractivity contribution is 5.40. The molecule has 1 atom stereocenters. The highest BCUT2D eigenvalue weighted by Crippen LogP contribution is 2.40. The SMILES string of the molecule is COc1ccccc1C(c1nnnn1C1(C)CCCCCC1)N1CCc2ccccc2C1. The Bertz CT molecular complexity index is 1050. The van der Waals surface area contributed by atoms with E-state index in [1.165, 1.54) is 36.8 Å². The number of fused-ring (bicyclic) bond motifs is 1. The number of ether oxygens (including phenoxy) is 1. The molecule has 168 valence electrons. The Labute approximate surface area is 190 Å². The molecule has 1 unspecified atom stereocenters. The summed E-state index contributed by atoms with van der Waals surface area (Å²) in [6.07, 6.45) is 8.32. The van der Waals surface area contributed by atoms with Gasteiger partial charge in [-0.15, -0.1) is 5.10 Å². The minimum atomic E-state index is -0.0606. The predicted molar refractivity (Wildman–Crippen MR) is 125 cm³/mol. The fourth-order valence-electron chi connectivity index (χ4n) is 5.58. The number of hydrogen-bond donors (Lipinski definition) is 0. The van der Waals surface area contributed by atoms with Crippen LogP contribution in [-0.4, -0.2) is 38.8 Å². The molecular formula is C26H33N5O. The van der Waals surface area contributed by atoms with E-state index < -0.39 is 0 Å². The summed E-state index contributed by atoms with van der Waals surface area (Å²) in [4.78, 5) is 2.52. The number of para-hydroxylation sites is 1. The van der Waals surface area contributed by atoms with E-state index in [4.69, 9.17) is 4.74 Å². The van der Waals surface area contributed by atoms with Gasteiger partial charge in [0.25, 0.3) is 0 Å². The first kappa shape index (κ1) is 21.1. The van der Waals surface area contributed by atoms with Crippen LogP contribution in [-0.2, 0) is 18.5 Å². The van der Waals surface area contributed by atoms with Gasteiger partial charge in [0.05, 0.1) is 12.6 Å². The van der Waals surface area contributed by atoms with Crippen LogP contribution in [0.1, 0.15) is 74.0 Å². The smallest absolute Gasteiger partial charge is 0.173 e. The topological polar surface area (TPSA) is 56.1 Å². The summed E-state index contributed by atoms with van der Waals surface area (Å²) in [5, 5.41) is 13.4. The average Bonchev–Trinajstić information content (AvgIpc) is 3.21. The molecule has 1 fully saturated rings. The van der Waals surface area contributed by atoms with Crippen molar-refractivity contribution < 1.29 is 4.74 Å². The molecule has 0 spiro atoms. The standard InChI is InChI=1S/C26H33N5O/c1-26(16-9-3-4-10-17-26)31-25(27-28-29-31)24(22-13-7-8-14-23(22)32-2)30-18-15-20-11-5-6-12-21(20)19-30/h5-8,11-14,24H,3-4,9-10,15-19H2,1-2H3. The van der Waals surface area contributed by atoms with Crippen molar-refractivity contribution in [1.82, 2.24) is 25.1 Å². The number of benzene rings is 2. The molecule has 1 aromatic heterocycles. The van der Waals surface area contributed by atoms with E-state index in [0.29, 0.717) is 0 Å². The molecule has 0 N–H and O–H groups in total. The van der Waals surface area contributed by atoms with E-state index >= 15 is 0 Å². The molecule has 6 nitrogen and oxygen atoms in total. The van der Waals surface area contributed by atoms with Gasteiger partial charge in [0.1, 0.15) is 11.8 Å². The lowest BCUT2D eigenvalue weighted by Gasteiger charge is -2.37. The van der Waals surface area contributed by atoms with Gasteiger partial charge < -0.3 is 4.74 Å². The summed E-state index contributed by atoms with van der Waals surface area (Å²) < 4.78 is 7.96. The molecule has 32 heavy (non-hydrogen) atoms. The predicted octanol–water partition coefficient (Wildman–Crippen LogP) is 4.90. The lowest BCUT2D eigenvalue weighted by atomic mass is 9.91. The minimum Gasteiger partial charge on any atom is -0.496 e. The molecule has 3 aromatic rings. The molecule has 1 aliphatic carbocycles. The van der Waals surface area contributed by atoms with E-state index in [2.05, 4.69) is 68.4 Å². The van der Waals surface area contributed by atoms with Crippen molar-refractivity contribution in [3.05, 3.63) is 71.0 Å². The van der Waals surface area contributed by atoms with Crippen molar-refractivity contribution >= 4 is 0 Å². The lowest BCUT2D eigenvalue weighted by molar-refractivity contribution is 0.169. The molecule has 1 saturated carbocycles. The Balaban J connectivity index is 1.60. The number of rotatable bonds is 5. The number of nitrogens with zero attached hydrogens (tertiary/aromatic N) is 5. The van der Waals surface area contributed by atoms with Crippen molar-refractivity contribution in [1.29, 1.82) is 0 Å². The van der Waals surface area contributed by atoms with Gasteiger partial charge in [-0.3, -0.25) is 4.90 Å². The van der Waals surface area contributed by atoms with Gasteiger partial charge in [-0.25, -0.2) is 4.68 Å². The van der Waals surface area contributed by atoms with Crippen molar-refractivity contribution in [3.63, 3.8) is 0 Å². The van der Waals surface area contributed by atoms with Gasteiger partial charge in [0.2, 0.25) is 0 Å². The van der Waals surface area contributed by atoms with E-state index in [0.717, 1.165) is 49.5 Å². The van der Waals surface area contributed by atoms with E-state index in [1.54, 1.807) is 7.11 Å². The van der Waals surface area contributed by atoms with E-state index in [-0.39, 0.29) is 11.6 Å². The average molecular weight is 432 g/mol. The normalized spacial score (nSPS) is 19.7. The molecule has 5 rings (SSSR count). The molecule has 2 aromatic carbocycles. The summed E-state index contributed by atoms with van der Waals surface area (Å²) in [6.45, 7) is 4.18. The van der Waals surface area contributed by atoms with Crippen LogP contribution in [0, 0.1) is 0 Å². The lowest BCUT2D eigenvalue weighted by Crippen LogP contribution is -2.39.